The second kappa shape index (κ2) is 6.58. The topological polar surface area (TPSA) is 22.1 Å². The standard InChI is InChI=1S/C27H29GeNO/c1-15(2)23-20-9-8-16(3)12-18(20)13-21-25-24-19(17(4)14-29-25)10-11-22(28(5,6)7)27(24)30-26(21)23/h8-15H,1-7H3. The van der Waals surface area contributed by atoms with E-state index in [9.17, 15) is 0 Å². The van der Waals surface area contributed by atoms with Gasteiger partial charge in [-0.3, -0.25) is 0 Å². The molecule has 1 aliphatic heterocycles. The van der Waals surface area contributed by atoms with Gasteiger partial charge in [-0.15, -0.1) is 0 Å². The minimum absolute atomic E-state index is 0.357. The molecule has 0 bridgehead atoms. The molecule has 0 N–H and O–H groups in total. The fourth-order valence-electron chi connectivity index (χ4n) is 4.84. The molecule has 30 heavy (non-hydrogen) atoms. The van der Waals surface area contributed by atoms with Crippen LogP contribution in [-0.4, -0.2) is 18.3 Å². The third-order valence-corrected chi connectivity index (χ3v) is 10.6. The monoisotopic (exact) mass is 457 g/mol. The van der Waals surface area contributed by atoms with Gasteiger partial charge in [0.25, 0.3) is 0 Å². The molecule has 5 rings (SSSR count). The molecule has 3 heteroatoms. The van der Waals surface area contributed by atoms with Gasteiger partial charge in [0.2, 0.25) is 0 Å². The molecular formula is C27H29GeNO. The van der Waals surface area contributed by atoms with Gasteiger partial charge < -0.3 is 0 Å². The number of hydrogen-bond donors (Lipinski definition) is 0. The Morgan fingerprint density at radius 2 is 1.63 bits per heavy atom. The summed E-state index contributed by atoms with van der Waals surface area (Å²) in [6, 6.07) is 13.6. The summed E-state index contributed by atoms with van der Waals surface area (Å²) in [5.74, 6) is 9.73. The molecule has 0 saturated carbocycles. The van der Waals surface area contributed by atoms with Crippen LogP contribution in [-0.2, 0) is 0 Å². The number of aryl methyl sites for hydroxylation is 2. The number of aromatic nitrogens is 1. The van der Waals surface area contributed by atoms with Crippen molar-refractivity contribution in [3.63, 3.8) is 0 Å². The third kappa shape index (κ3) is 2.80. The summed E-state index contributed by atoms with van der Waals surface area (Å²) >= 11 is -2.16. The van der Waals surface area contributed by atoms with Crippen molar-refractivity contribution in [2.45, 2.75) is 50.9 Å². The van der Waals surface area contributed by atoms with Gasteiger partial charge in [-0.25, -0.2) is 0 Å². The van der Waals surface area contributed by atoms with Gasteiger partial charge >= 0.3 is 182 Å². The van der Waals surface area contributed by atoms with Crippen molar-refractivity contribution in [3.05, 3.63) is 59.3 Å². The van der Waals surface area contributed by atoms with Crippen molar-refractivity contribution in [2.75, 3.05) is 0 Å². The molecule has 2 nitrogen and oxygen atoms in total. The molecule has 3 aromatic carbocycles. The van der Waals surface area contributed by atoms with Crippen LogP contribution >= 0.6 is 0 Å². The van der Waals surface area contributed by atoms with Crippen molar-refractivity contribution >= 4 is 39.2 Å². The van der Waals surface area contributed by atoms with E-state index < -0.39 is 13.3 Å². The van der Waals surface area contributed by atoms with Crippen LogP contribution in [0.1, 0.15) is 36.5 Å². The first-order chi connectivity index (χ1) is 14.2. The molecule has 152 valence electrons. The molecule has 2 heterocycles. The van der Waals surface area contributed by atoms with E-state index in [1.807, 2.05) is 6.20 Å². The molecule has 0 saturated heterocycles. The van der Waals surface area contributed by atoms with Crippen LogP contribution in [0.4, 0.5) is 0 Å². The fraction of sp³-hybridized carbons (Fsp3) is 0.296. The van der Waals surface area contributed by atoms with Crippen LogP contribution in [0.5, 0.6) is 11.5 Å². The van der Waals surface area contributed by atoms with Crippen LogP contribution in [0.25, 0.3) is 32.8 Å². The second-order valence-corrected chi connectivity index (χ2v) is 20.6. The molecule has 1 aliphatic rings. The van der Waals surface area contributed by atoms with Crippen LogP contribution in [0.3, 0.4) is 0 Å². The van der Waals surface area contributed by atoms with E-state index in [0.717, 1.165) is 22.8 Å². The number of hydrogen-bond acceptors (Lipinski definition) is 2. The summed E-state index contributed by atoms with van der Waals surface area (Å²) < 4.78 is 8.32. The molecule has 4 aromatic rings. The van der Waals surface area contributed by atoms with Gasteiger partial charge in [-0.2, -0.15) is 0 Å². The third-order valence-electron chi connectivity index (χ3n) is 6.34. The van der Waals surface area contributed by atoms with E-state index in [1.54, 1.807) is 0 Å². The number of pyridine rings is 1. The van der Waals surface area contributed by atoms with Gasteiger partial charge in [0.1, 0.15) is 0 Å². The molecule has 0 unspecified atom stereocenters. The van der Waals surface area contributed by atoms with Crippen molar-refractivity contribution < 1.29 is 4.74 Å². The summed E-state index contributed by atoms with van der Waals surface area (Å²) in [5, 5.41) is 5.01. The van der Waals surface area contributed by atoms with E-state index in [4.69, 9.17) is 9.72 Å². The summed E-state index contributed by atoms with van der Waals surface area (Å²) in [5.41, 5.74) is 5.98. The Balaban J connectivity index is 1.98. The average Bonchev–Trinajstić information content (AvgIpc) is 2.67. The average molecular weight is 456 g/mol. The number of ether oxygens (including phenoxy) is 1. The maximum atomic E-state index is 6.90. The number of fused-ring (bicyclic) bond motifs is 3. The van der Waals surface area contributed by atoms with Crippen molar-refractivity contribution in [1.29, 1.82) is 0 Å². The molecule has 0 aliphatic carbocycles. The normalized spacial score (nSPS) is 13.1. The van der Waals surface area contributed by atoms with Crippen LogP contribution < -0.4 is 9.13 Å². The van der Waals surface area contributed by atoms with Gasteiger partial charge in [-0.1, -0.05) is 0 Å². The van der Waals surface area contributed by atoms with Gasteiger partial charge in [0.05, 0.1) is 0 Å². The first kappa shape index (κ1) is 19.6. The zero-order chi connectivity index (χ0) is 21.4. The molecule has 1 aromatic heterocycles. The zero-order valence-electron chi connectivity index (χ0n) is 19.0. The molecular weight excluding hydrogens is 427 g/mol. The Morgan fingerprint density at radius 3 is 2.33 bits per heavy atom. The van der Waals surface area contributed by atoms with Crippen molar-refractivity contribution in [1.82, 2.24) is 4.98 Å². The molecule has 0 atom stereocenters. The van der Waals surface area contributed by atoms with Gasteiger partial charge in [0.15, 0.2) is 0 Å². The van der Waals surface area contributed by atoms with Crippen LogP contribution in [0, 0.1) is 13.8 Å². The Labute approximate surface area is 181 Å². The Bertz CT molecular complexity index is 1350. The Hall–Kier alpha value is -2.33. The van der Waals surface area contributed by atoms with Crippen molar-refractivity contribution in [2.24, 2.45) is 0 Å². The van der Waals surface area contributed by atoms with Crippen LogP contribution in [0.15, 0.2) is 42.6 Å². The summed E-state index contributed by atoms with van der Waals surface area (Å²) in [4.78, 5) is 4.97. The van der Waals surface area contributed by atoms with E-state index in [1.165, 1.54) is 42.6 Å². The summed E-state index contributed by atoms with van der Waals surface area (Å²) in [6.45, 7) is 8.83. The van der Waals surface area contributed by atoms with Crippen LogP contribution in [0.2, 0.25) is 17.3 Å². The molecule has 0 fully saturated rings. The maximum absolute atomic E-state index is 6.90. The van der Waals surface area contributed by atoms with E-state index >= 15 is 0 Å². The predicted molar refractivity (Wildman–Crippen MR) is 131 cm³/mol. The minimum atomic E-state index is -2.16. The SMILES string of the molecule is Cc1ccc2c(C(C)C)c3c(cc2c1)-c1ncc(C)c2cc[c]([Ge]([CH3])([CH3])[CH3])c(c12)O3. The quantitative estimate of drug-likeness (QED) is 0.258. The molecule has 0 amide bonds. The van der Waals surface area contributed by atoms with E-state index in [-0.39, 0.29) is 0 Å². The predicted octanol–water partition coefficient (Wildman–Crippen LogP) is 7.45. The summed E-state index contributed by atoms with van der Waals surface area (Å²) in [7, 11) is 0. The van der Waals surface area contributed by atoms with E-state index in [0.29, 0.717) is 5.92 Å². The van der Waals surface area contributed by atoms with Gasteiger partial charge in [0, 0.05) is 0 Å². The summed E-state index contributed by atoms with van der Waals surface area (Å²) in [6.07, 6.45) is 2.02. The van der Waals surface area contributed by atoms with Gasteiger partial charge in [-0.05, 0) is 0 Å². The number of nitrogens with zero attached hydrogens (tertiary/aromatic N) is 1. The molecule has 0 radical (unpaired) electrons. The van der Waals surface area contributed by atoms with E-state index in [2.05, 4.69) is 81.4 Å². The van der Waals surface area contributed by atoms with Crippen molar-refractivity contribution in [3.8, 4) is 22.8 Å². The number of rotatable bonds is 2. The second-order valence-electron chi connectivity index (χ2n) is 10.1. The zero-order valence-corrected chi connectivity index (χ0v) is 21.1. The number of benzene rings is 3. The fourth-order valence-corrected chi connectivity index (χ4v) is 7.86. The first-order valence-corrected chi connectivity index (χ1v) is 18.2. The molecule has 0 spiro atoms. The Kier molecular flexibility index (Phi) is 4.31. The Morgan fingerprint density at radius 1 is 0.900 bits per heavy atom. The first-order valence-electron chi connectivity index (χ1n) is 10.8.